The Hall–Kier alpha value is -0.307. The van der Waals surface area contributed by atoms with Gasteiger partial charge in [0.25, 0.3) is 0 Å². The van der Waals surface area contributed by atoms with E-state index in [0.29, 0.717) is 0 Å². The second kappa shape index (κ2) is 15.5. The van der Waals surface area contributed by atoms with Crippen LogP contribution in [0.2, 0.25) is 0 Å². The van der Waals surface area contributed by atoms with E-state index in [1.54, 1.807) is 0 Å². The first-order chi connectivity index (χ1) is 14.1. The Morgan fingerprint density at radius 1 is 0.700 bits per heavy atom. The number of rotatable bonds is 2. The van der Waals surface area contributed by atoms with E-state index >= 15 is 0 Å². The summed E-state index contributed by atoms with van der Waals surface area (Å²) in [6.45, 7) is 20.0. The molecule has 0 aromatic heterocycles. The van der Waals surface area contributed by atoms with Crippen LogP contribution in [0.3, 0.4) is 0 Å². The van der Waals surface area contributed by atoms with Crippen molar-refractivity contribution in [2.24, 2.45) is 5.41 Å². The SMILES string of the molecule is CC1=[C-]C(C)(C)C(C)=C1C.CP(C)c1ccccc1.CP(C)c1ccccc1.[Cl][Ru+]. The minimum absolute atomic E-state index is 0.104. The molecule has 0 fully saturated rings. The molecule has 0 nitrogen and oxygen atoms in total. The summed E-state index contributed by atoms with van der Waals surface area (Å²) in [6.07, 6.45) is 3.44. The normalized spacial score (nSPS) is 14.1. The molecule has 3 rings (SSSR count). The predicted molar refractivity (Wildman–Crippen MR) is 140 cm³/mol. The molecule has 0 atom stereocenters. The standard InChI is InChI=1S/C10H15.2C8H11P.ClH.Ru/c1-7-6-10(4,5)9(3)8(7)2;2*1-9(2)8-6-4-3-5-7-8;;/h1-5H3;2*3-7H,1-2H3;1H;/q-1;;;;+2/p-1. The van der Waals surface area contributed by atoms with Crippen LogP contribution in [0.4, 0.5) is 0 Å². The van der Waals surface area contributed by atoms with E-state index in [9.17, 15) is 0 Å². The van der Waals surface area contributed by atoms with Crippen LogP contribution in [0, 0.1) is 11.5 Å². The van der Waals surface area contributed by atoms with Crippen LogP contribution in [0.5, 0.6) is 0 Å². The Balaban J connectivity index is 0.000000404. The Kier molecular flexibility index (Phi) is 15.3. The van der Waals surface area contributed by atoms with E-state index in [2.05, 4.69) is 138 Å². The van der Waals surface area contributed by atoms with Gasteiger partial charge in [0.2, 0.25) is 0 Å². The van der Waals surface area contributed by atoms with Crippen molar-refractivity contribution in [1.29, 1.82) is 0 Å². The van der Waals surface area contributed by atoms with Gasteiger partial charge >= 0.3 is 27.0 Å². The third-order valence-electron chi connectivity index (χ3n) is 5.11. The van der Waals surface area contributed by atoms with Crippen LogP contribution < -0.4 is 10.6 Å². The predicted octanol–water partition coefficient (Wildman–Crippen LogP) is 7.91. The van der Waals surface area contributed by atoms with Gasteiger partial charge < -0.3 is 0 Å². The van der Waals surface area contributed by atoms with Gasteiger partial charge in [-0.3, -0.25) is 6.08 Å². The topological polar surface area (TPSA) is 0 Å². The summed E-state index contributed by atoms with van der Waals surface area (Å²) < 4.78 is 0. The third-order valence-corrected chi connectivity index (χ3v) is 7.77. The van der Waals surface area contributed by atoms with Gasteiger partial charge in [0.15, 0.2) is 0 Å². The summed E-state index contributed by atoms with van der Waals surface area (Å²) in [5.74, 6) is 0. The number of allylic oxidation sites excluding steroid dienone is 4. The maximum atomic E-state index is 4.57. The molecular weight excluding hydrogens is 511 g/mol. The van der Waals surface area contributed by atoms with Gasteiger partial charge in [-0.15, -0.1) is 6.92 Å². The molecule has 2 aromatic carbocycles. The van der Waals surface area contributed by atoms with Gasteiger partial charge in [-0.2, -0.15) is 11.1 Å². The molecule has 0 bridgehead atoms. The average molecular weight is 548 g/mol. The van der Waals surface area contributed by atoms with Crippen molar-refractivity contribution in [3.8, 4) is 0 Å². The minimum atomic E-state index is 0.104. The molecule has 166 valence electrons. The fraction of sp³-hybridized carbons (Fsp3) is 0.385. The molecular formula is C26H37ClP2Ru. The van der Waals surface area contributed by atoms with Crippen LogP contribution in [0.25, 0.3) is 0 Å². The molecule has 0 spiro atoms. The fourth-order valence-electron chi connectivity index (χ4n) is 2.86. The number of benzene rings is 2. The molecule has 1 aliphatic rings. The van der Waals surface area contributed by atoms with Gasteiger partial charge in [0, 0.05) is 0 Å². The fourth-order valence-corrected chi connectivity index (χ4v) is 4.40. The van der Waals surface area contributed by atoms with Crippen molar-refractivity contribution in [2.75, 3.05) is 26.7 Å². The van der Waals surface area contributed by atoms with Crippen molar-refractivity contribution in [3.05, 3.63) is 83.5 Å². The van der Waals surface area contributed by atoms with Crippen molar-refractivity contribution >= 4 is 36.1 Å². The first-order valence-corrected chi connectivity index (χ1v) is 16.7. The van der Waals surface area contributed by atoms with Crippen molar-refractivity contribution in [1.82, 2.24) is 0 Å². The van der Waals surface area contributed by atoms with Crippen molar-refractivity contribution in [2.45, 2.75) is 34.6 Å². The second-order valence-corrected chi connectivity index (χ2v) is 12.7. The molecule has 0 heterocycles. The van der Waals surface area contributed by atoms with Gasteiger partial charge in [-0.1, -0.05) is 110 Å². The second-order valence-electron chi connectivity index (χ2n) is 8.08. The molecule has 1 aliphatic carbocycles. The monoisotopic (exact) mass is 548 g/mol. The van der Waals surface area contributed by atoms with E-state index in [0.717, 1.165) is 0 Å². The van der Waals surface area contributed by atoms with Gasteiger partial charge in [0.1, 0.15) is 0 Å². The molecule has 0 amide bonds. The van der Waals surface area contributed by atoms with Crippen LogP contribution in [0.1, 0.15) is 34.6 Å². The van der Waals surface area contributed by atoms with Crippen LogP contribution in [-0.4, -0.2) is 26.7 Å². The molecule has 0 aliphatic heterocycles. The molecule has 30 heavy (non-hydrogen) atoms. The summed E-state index contributed by atoms with van der Waals surface area (Å²) in [7, 11) is 4.78. The Morgan fingerprint density at radius 2 is 1.03 bits per heavy atom. The number of halogens is 1. The molecule has 0 saturated carbocycles. The van der Waals surface area contributed by atoms with E-state index in [1.165, 1.54) is 27.3 Å². The van der Waals surface area contributed by atoms with Crippen LogP contribution >= 0.6 is 25.5 Å². The van der Waals surface area contributed by atoms with E-state index in [1.807, 2.05) is 17.3 Å². The summed E-state index contributed by atoms with van der Waals surface area (Å²) in [4.78, 5) is 0. The third kappa shape index (κ3) is 10.8. The van der Waals surface area contributed by atoms with Gasteiger partial charge in [-0.05, 0) is 37.3 Å². The number of hydrogen-bond donors (Lipinski definition) is 0. The molecule has 0 saturated heterocycles. The van der Waals surface area contributed by atoms with Crippen molar-refractivity contribution < 1.29 is 17.3 Å². The first-order valence-electron chi connectivity index (χ1n) is 9.94. The van der Waals surface area contributed by atoms with Crippen LogP contribution in [0.15, 0.2) is 77.4 Å². The average Bonchev–Trinajstić information content (AvgIpc) is 2.93. The summed E-state index contributed by atoms with van der Waals surface area (Å²) in [5, 5.41) is 2.96. The van der Waals surface area contributed by atoms with Crippen molar-refractivity contribution in [3.63, 3.8) is 0 Å². The maximum absolute atomic E-state index is 4.57. The first kappa shape index (κ1) is 29.7. The summed E-state index contributed by atoms with van der Waals surface area (Å²) in [6, 6.07) is 21.2. The zero-order chi connectivity index (χ0) is 23.3. The molecule has 2 aromatic rings. The molecule has 0 unspecified atom stereocenters. The van der Waals surface area contributed by atoms with Crippen LogP contribution in [-0.2, 0) is 17.3 Å². The quantitative estimate of drug-likeness (QED) is 0.204. The van der Waals surface area contributed by atoms with E-state index < -0.39 is 0 Å². The molecule has 0 N–H and O–H groups in total. The summed E-state index contributed by atoms with van der Waals surface area (Å²) in [5.41, 5.74) is 4.39. The Bertz CT molecular complexity index is 736. The molecule has 0 radical (unpaired) electrons. The molecule has 4 heteroatoms. The van der Waals surface area contributed by atoms with Gasteiger partial charge in [-0.25, -0.2) is 5.57 Å². The van der Waals surface area contributed by atoms with E-state index in [-0.39, 0.29) is 21.3 Å². The Labute approximate surface area is 202 Å². The Morgan fingerprint density at radius 3 is 1.17 bits per heavy atom. The number of hydrogen-bond acceptors (Lipinski definition) is 0. The zero-order valence-electron chi connectivity index (χ0n) is 19.9. The van der Waals surface area contributed by atoms with Gasteiger partial charge in [0.05, 0.1) is 0 Å². The zero-order valence-corrected chi connectivity index (χ0v) is 24.2. The van der Waals surface area contributed by atoms with E-state index in [4.69, 9.17) is 0 Å². The summed E-state index contributed by atoms with van der Waals surface area (Å²) >= 11 is 1.82.